The van der Waals surface area contributed by atoms with E-state index in [1.165, 1.54) is 11.8 Å². The molecular weight excluding hydrogens is 388 g/mol. The lowest BCUT2D eigenvalue weighted by atomic mass is 10.4. The summed E-state index contributed by atoms with van der Waals surface area (Å²) in [5, 5.41) is 0.595. The minimum atomic E-state index is -3.08. The molecule has 0 bridgehead atoms. The van der Waals surface area contributed by atoms with Crippen molar-refractivity contribution in [2.24, 2.45) is 0 Å². The Hall–Kier alpha value is -0.380. The van der Waals surface area contributed by atoms with Gasteiger partial charge >= 0.3 is 0 Å². The Morgan fingerprint density at radius 2 is 2.05 bits per heavy atom. The monoisotopic (exact) mass is 406 g/mol. The molecule has 0 unspecified atom stereocenters. The standard InChI is InChI=1S/C13H19BrN4O2S2/c1-21-13-15-9-11(14)12(16-13)17-5-2-6-18(8-7-17)22(19,20)10-3-4-10/h9-10H,2-8H2,1H3. The maximum absolute atomic E-state index is 12.4. The second kappa shape index (κ2) is 6.62. The molecule has 0 N–H and O–H groups in total. The second-order valence-corrected chi connectivity index (χ2v) is 9.35. The first-order valence-electron chi connectivity index (χ1n) is 7.33. The molecule has 1 aromatic heterocycles. The topological polar surface area (TPSA) is 66.4 Å². The van der Waals surface area contributed by atoms with E-state index >= 15 is 0 Å². The highest BCUT2D eigenvalue weighted by molar-refractivity contribution is 9.10. The average Bonchev–Trinajstić information content (AvgIpc) is 3.34. The molecule has 122 valence electrons. The summed E-state index contributed by atoms with van der Waals surface area (Å²) in [7, 11) is -3.08. The number of thioether (sulfide) groups is 1. The van der Waals surface area contributed by atoms with Gasteiger partial charge in [-0.05, 0) is 41.4 Å². The molecule has 9 heteroatoms. The molecule has 1 aromatic rings. The minimum Gasteiger partial charge on any atom is -0.354 e. The van der Waals surface area contributed by atoms with Crippen LogP contribution in [-0.2, 0) is 10.0 Å². The van der Waals surface area contributed by atoms with E-state index in [2.05, 4.69) is 30.8 Å². The molecule has 1 saturated carbocycles. The van der Waals surface area contributed by atoms with E-state index < -0.39 is 10.0 Å². The third-order valence-corrected chi connectivity index (χ3v) is 7.47. The first-order valence-corrected chi connectivity index (χ1v) is 10.8. The van der Waals surface area contributed by atoms with Crippen molar-refractivity contribution in [2.75, 3.05) is 37.3 Å². The van der Waals surface area contributed by atoms with Crippen LogP contribution in [0.25, 0.3) is 0 Å². The van der Waals surface area contributed by atoms with Crippen molar-refractivity contribution in [3.05, 3.63) is 10.7 Å². The summed E-state index contributed by atoms with van der Waals surface area (Å²) in [5.41, 5.74) is 0. The molecular formula is C13H19BrN4O2S2. The third-order valence-electron chi connectivity index (χ3n) is 3.95. The Balaban J connectivity index is 1.75. The van der Waals surface area contributed by atoms with Gasteiger partial charge in [-0.25, -0.2) is 18.4 Å². The molecule has 22 heavy (non-hydrogen) atoms. The lowest BCUT2D eigenvalue weighted by Crippen LogP contribution is -2.37. The van der Waals surface area contributed by atoms with E-state index in [4.69, 9.17) is 0 Å². The van der Waals surface area contributed by atoms with Crippen LogP contribution in [0, 0.1) is 0 Å². The van der Waals surface area contributed by atoms with Gasteiger partial charge in [-0.15, -0.1) is 0 Å². The molecule has 2 aliphatic rings. The number of halogens is 1. The van der Waals surface area contributed by atoms with E-state index in [9.17, 15) is 8.42 Å². The number of sulfonamides is 1. The first-order chi connectivity index (χ1) is 10.5. The van der Waals surface area contributed by atoms with Crippen LogP contribution in [0.5, 0.6) is 0 Å². The Bertz CT molecular complexity index is 651. The summed E-state index contributed by atoms with van der Waals surface area (Å²) in [6, 6.07) is 0. The fourth-order valence-corrected chi connectivity index (χ4v) is 5.25. The van der Waals surface area contributed by atoms with E-state index in [0.29, 0.717) is 19.6 Å². The summed E-state index contributed by atoms with van der Waals surface area (Å²) >= 11 is 5.00. The SMILES string of the molecule is CSc1ncc(Br)c(N2CCCN(S(=O)(=O)C3CC3)CC2)n1. The zero-order valence-corrected chi connectivity index (χ0v) is 15.6. The Kier molecular flexibility index (Phi) is 4.96. The van der Waals surface area contributed by atoms with Crippen LogP contribution < -0.4 is 4.90 Å². The maximum atomic E-state index is 12.4. The molecule has 0 amide bonds. The van der Waals surface area contributed by atoms with Gasteiger partial charge in [0.1, 0.15) is 5.82 Å². The van der Waals surface area contributed by atoms with Gasteiger partial charge in [0.2, 0.25) is 10.0 Å². The predicted octanol–water partition coefficient (Wildman–Crippen LogP) is 1.97. The summed E-state index contributed by atoms with van der Waals surface area (Å²) in [5.74, 6) is 0.852. The quantitative estimate of drug-likeness (QED) is 0.562. The lowest BCUT2D eigenvalue weighted by molar-refractivity contribution is 0.432. The van der Waals surface area contributed by atoms with Crippen LogP contribution in [0.4, 0.5) is 5.82 Å². The van der Waals surface area contributed by atoms with Crippen LogP contribution >= 0.6 is 27.7 Å². The number of anilines is 1. The maximum Gasteiger partial charge on any atom is 0.217 e. The number of rotatable bonds is 4. The van der Waals surface area contributed by atoms with E-state index in [-0.39, 0.29) is 5.25 Å². The summed E-state index contributed by atoms with van der Waals surface area (Å²) < 4.78 is 27.3. The van der Waals surface area contributed by atoms with Crippen LogP contribution in [-0.4, -0.2) is 60.4 Å². The molecule has 0 radical (unpaired) electrons. The van der Waals surface area contributed by atoms with Gasteiger partial charge in [0.15, 0.2) is 5.16 Å². The molecule has 2 heterocycles. The van der Waals surface area contributed by atoms with Gasteiger partial charge < -0.3 is 4.90 Å². The Morgan fingerprint density at radius 3 is 2.73 bits per heavy atom. The van der Waals surface area contributed by atoms with Crippen molar-refractivity contribution >= 4 is 43.5 Å². The van der Waals surface area contributed by atoms with Gasteiger partial charge in [-0.2, -0.15) is 4.31 Å². The van der Waals surface area contributed by atoms with Crippen LogP contribution in [0.1, 0.15) is 19.3 Å². The first kappa shape index (κ1) is 16.5. The van der Waals surface area contributed by atoms with E-state index in [1.54, 1.807) is 10.5 Å². The number of hydrogen-bond acceptors (Lipinski definition) is 6. The van der Waals surface area contributed by atoms with Crippen molar-refractivity contribution in [3.63, 3.8) is 0 Å². The molecule has 1 saturated heterocycles. The largest absolute Gasteiger partial charge is 0.354 e. The van der Waals surface area contributed by atoms with E-state index in [1.807, 2.05) is 6.26 Å². The molecule has 6 nitrogen and oxygen atoms in total. The molecule has 0 aromatic carbocycles. The van der Waals surface area contributed by atoms with Crippen molar-refractivity contribution < 1.29 is 8.42 Å². The van der Waals surface area contributed by atoms with Crippen molar-refractivity contribution in [1.82, 2.24) is 14.3 Å². The normalized spacial score (nSPS) is 20.9. The molecule has 0 atom stereocenters. The van der Waals surface area contributed by atoms with Crippen molar-refractivity contribution in [3.8, 4) is 0 Å². The summed E-state index contributed by atoms with van der Waals surface area (Å²) in [6.45, 7) is 2.60. The zero-order chi connectivity index (χ0) is 15.7. The Morgan fingerprint density at radius 1 is 1.27 bits per heavy atom. The molecule has 0 spiro atoms. The third kappa shape index (κ3) is 3.42. The molecule has 1 aliphatic heterocycles. The summed E-state index contributed by atoms with van der Waals surface area (Å²) in [6.07, 6.45) is 6.16. The number of aromatic nitrogens is 2. The minimum absolute atomic E-state index is 0.132. The van der Waals surface area contributed by atoms with E-state index in [0.717, 1.165) is 41.3 Å². The van der Waals surface area contributed by atoms with Gasteiger partial charge in [0.05, 0.1) is 9.72 Å². The zero-order valence-electron chi connectivity index (χ0n) is 12.4. The smallest absolute Gasteiger partial charge is 0.217 e. The van der Waals surface area contributed by atoms with Crippen LogP contribution in [0.2, 0.25) is 0 Å². The van der Waals surface area contributed by atoms with Crippen LogP contribution in [0.15, 0.2) is 15.8 Å². The van der Waals surface area contributed by atoms with Crippen LogP contribution in [0.3, 0.4) is 0 Å². The second-order valence-electron chi connectivity index (χ2n) is 5.51. The molecule has 1 aliphatic carbocycles. The van der Waals surface area contributed by atoms with Crippen molar-refractivity contribution in [2.45, 2.75) is 29.7 Å². The number of hydrogen-bond donors (Lipinski definition) is 0. The Labute approximate surface area is 143 Å². The lowest BCUT2D eigenvalue weighted by Gasteiger charge is -2.23. The highest BCUT2D eigenvalue weighted by Crippen LogP contribution is 2.32. The fraction of sp³-hybridized carbons (Fsp3) is 0.692. The van der Waals surface area contributed by atoms with Gasteiger partial charge in [-0.1, -0.05) is 11.8 Å². The van der Waals surface area contributed by atoms with Gasteiger partial charge in [-0.3, -0.25) is 0 Å². The summed E-state index contributed by atoms with van der Waals surface area (Å²) in [4.78, 5) is 10.9. The van der Waals surface area contributed by atoms with Gasteiger partial charge in [0.25, 0.3) is 0 Å². The molecule has 3 rings (SSSR count). The molecule has 2 fully saturated rings. The number of nitrogens with zero attached hydrogens (tertiary/aromatic N) is 4. The van der Waals surface area contributed by atoms with Crippen molar-refractivity contribution in [1.29, 1.82) is 0 Å². The highest BCUT2D eigenvalue weighted by atomic mass is 79.9. The average molecular weight is 407 g/mol. The van der Waals surface area contributed by atoms with Gasteiger partial charge in [0, 0.05) is 32.4 Å². The fourth-order valence-electron chi connectivity index (χ4n) is 2.60. The highest BCUT2D eigenvalue weighted by Gasteiger charge is 2.40. The predicted molar refractivity (Wildman–Crippen MR) is 91.9 cm³/mol.